The molecule has 0 amide bonds. The van der Waals surface area contributed by atoms with E-state index in [0.29, 0.717) is 0 Å². The van der Waals surface area contributed by atoms with Gasteiger partial charge in [0, 0.05) is 0 Å². The number of carboxylic acids is 1. The van der Waals surface area contributed by atoms with Crippen molar-refractivity contribution in [2.45, 2.75) is 4.90 Å². The van der Waals surface area contributed by atoms with E-state index in [0.717, 1.165) is 12.1 Å². The smallest absolute Gasteiger partial charge is 0.335 e. The van der Waals surface area contributed by atoms with E-state index in [9.17, 15) is 13.2 Å². The third-order valence-corrected chi connectivity index (χ3v) is 3.12. The third-order valence-electron chi connectivity index (χ3n) is 2.25. The van der Waals surface area contributed by atoms with Crippen molar-refractivity contribution >= 4 is 16.1 Å². The second-order valence-electron chi connectivity index (χ2n) is 3.82. The van der Waals surface area contributed by atoms with Gasteiger partial charge in [-0.1, -0.05) is 0 Å². The maximum atomic E-state index is 10.4. The molecule has 0 heterocycles. The molecule has 2 aromatic rings. The highest BCUT2D eigenvalue weighted by Gasteiger charge is 2.07. The standard InChI is InChI=1S/C7H6O3.C6H6O4S/c8-6-3-1-5(2-4-6)7(9)10;7-5-1-3-6(4-2-5)11(8,9)10/h1-4,8H,(H,9,10);1-4,7H,(H,8,9,10). The van der Waals surface area contributed by atoms with Gasteiger partial charge in [0.1, 0.15) is 11.5 Å². The number of rotatable bonds is 2. The van der Waals surface area contributed by atoms with Gasteiger partial charge in [0.25, 0.3) is 10.1 Å². The Balaban J connectivity index is 0.000000211. The molecule has 112 valence electrons. The SMILES string of the molecule is O=C(O)c1ccc(O)cc1.O=S(=O)(O)c1ccc(O)cc1. The summed E-state index contributed by atoms with van der Waals surface area (Å²) in [6.07, 6.45) is 0. The van der Waals surface area contributed by atoms with Crippen molar-refractivity contribution in [2.75, 3.05) is 0 Å². The molecule has 0 aliphatic heterocycles. The van der Waals surface area contributed by atoms with Crippen LogP contribution in [0.5, 0.6) is 11.5 Å². The summed E-state index contributed by atoms with van der Waals surface area (Å²) in [6, 6.07) is 9.96. The quantitative estimate of drug-likeness (QED) is 0.621. The van der Waals surface area contributed by atoms with Crippen LogP contribution in [0.3, 0.4) is 0 Å². The van der Waals surface area contributed by atoms with E-state index in [1.165, 1.54) is 36.4 Å². The molecule has 0 aliphatic rings. The Morgan fingerprint density at radius 2 is 1.19 bits per heavy atom. The lowest BCUT2D eigenvalue weighted by Crippen LogP contribution is -1.96. The van der Waals surface area contributed by atoms with Crippen LogP contribution in [0, 0.1) is 0 Å². The van der Waals surface area contributed by atoms with Crippen LogP contribution in [0.2, 0.25) is 0 Å². The Morgan fingerprint density at radius 3 is 1.52 bits per heavy atom. The molecule has 21 heavy (non-hydrogen) atoms. The summed E-state index contributed by atoms with van der Waals surface area (Å²) in [6.45, 7) is 0. The second-order valence-corrected chi connectivity index (χ2v) is 5.24. The maximum Gasteiger partial charge on any atom is 0.335 e. The molecule has 7 nitrogen and oxygen atoms in total. The molecule has 2 aromatic carbocycles. The number of carbonyl (C=O) groups is 1. The van der Waals surface area contributed by atoms with Gasteiger partial charge in [-0.15, -0.1) is 0 Å². The summed E-state index contributed by atoms with van der Waals surface area (Å²) in [4.78, 5) is 10.0. The molecule has 0 atom stereocenters. The van der Waals surface area contributed by atoms with Gasteiger partial charge in [-0.2, -0.15) is 8.42 Å². The van der Waals surface area contributed by atoms with Crippen LogP contribution in [0.1, 0.15) is 10.4 Å². The third kappa shape index (κ3) is 5.51. The van der Waals surface area contributed by atoms with Crippen LogP contribution in [0.4, 0.5) is 0 Å². The summed E-state index contributed by atoms with van der Waals surface area (Å²) in [5, 5.41) is 25.9. The Morgan fingerprint density at radius 1 is 0.810 bits per heavy atom. The summed E-state index contributed by atoms with van der Waals surface area (Å²) in [7, 11) is -4.13. The fourth-order valence-electron chi connectivity index (χ4n) is 1.22. The van der Waals surface area contributed by atoms with Crippen LogP contribution in [0.15, 0.2) is 53.4 Å². The first-order chi connectivity index (χ1) is 9.70. The minimum absolute atomic E-state index is 0.0441. The van der Waals surface area contributed by atoms with E-state index in [1.807, 2.05) is 0 Å². The van der Waals surface area contributed by atoms with Crippen LogP contribution in [-0.2, 0) is 10.1 Å². The molecule has 8 heteroatoms. The predicted octanol–water partition coefficient (Wildman–Crippen LogP) is 1.73. The highest BCUT2D eigenvalue weighted by atomic mass is 32.2. The van der Waals surface area contributed by atoms with E-state index in [1.54, 1.807) is 0 Å². The van der Waals surface area contributed by atoms with Crippen LogP contribution in [0.25, 0.3) is 0 Å². The van der Waals surface area contributed by atoms with Gasteiger partial charge in [0.2, 0.25) is 0 Å². The Kier molecular flexibility index (Phi) is 5.28. The van der Waals surface area contributed by atoms with Crippen molar-refractivity contribution < 1.29 is 33.1 Å². The summed E-state index contributed by atoms with van der Waals surface area (Å²) in [5.41, 5.74) is 0.179. The Labute approximate surface area is 120 Å². The van der Waals surface area contributed by atoms with Crippen LogP contribution >= 0.6 is 0 Å². The fraction of sp³-hybridized carbons (Fsp3) is 0. The molecule has 0 unspecified atom stereocenters. The summed E-state index contributed by atoms with van der Waals surface area (Å²) < 4.78 is 29.3. The van der Waals surface area contributed by atoms with E-state index >= 15 is 0 Å². The summed E-state index contributed by atoms with van der Waals surface area (Å²) in [5.74, 6) is -0.956. The van der Waals surface area contributed by atoms with Crippen molar-refractivity contribution in [3.05, 3.63) is 54.1 Å². The average molecular weight is 312 g/mol. The maximum absolute atomic E-state index is 10.4. The zero-order valence-corrected chi connectivity index (χ0v) is 11.4. The molecule has 2 rings (SSSR count). The fourth-order valence-corrected chi connectivity index (χ4v) is 1.70. The molecule has 0 radical (unpaired) electrons. The lowest BCUT2D eigenvalue weighted by atomic mass is 10.2. The zero-order chi connectivity index (χ0) is 16.0. The first-order valence-electron chi connectivity index (χ1n) is 5.49. The number of benzene rings is 2. The highest BCUT2D eigenvalue weighted by Crippen LogP contribution is 2.13. The van der Waals surface area contributed by atoms with Gasteiger partial charge in [-0.3, -0.25) is 4.55 Å². The highest BCUT2D eigenvalue weighted by molar-refractivity contribution is 7.85. The molecule has 0 fully saturated rings. The van der Waals surface area contributed by atoms with Gasteiger partial charge in [0.15, 0.2) is 0 Å². The van der Waals surface area contributed by atoms with Crippen LogP contribution in [-0.4, -0.2) is 34.3 Å². The largest absolute Gasteiger partial charge is 0.508 e. The van der Waals surface area contributed by atoms with E-state index in [-0.39, 0.29) is 22.0 Å². The van der Waals surface area contributed by atoms with E-state index < -0.39 is 16.1 Å². The van der Waals surface area contributed by atoms with Crippen molar-refractivity contribution in [1.29, 1.82) is 0 Å². The molecule has 0 saturated heterocycles. The van der Waals surface area contributed by atoms with E-state index in [2.05, 4.69) is 0 Å². The minimum atomic E-state index is -4.13. The molecule has 4 N–H and O–H groups in total. The number of phenolic OH excluding ortho intramolecular Hbond substituents is 2. The number of carboxylic acid groups (broad SMARTS) is 1. The number of hydrogen-bond donors (Lipinski definition) is 4. The van der Waals surface area contributed by atoms with Crippen molar-refractivity contribution in [3.63, 3.8) is 0 Å². The molecule has 0 saturated carbocycles. The Hall–Kier alpha value is -2.58. The monoisotopic (exact) mass is 312 g/mol. The molecule has 0 spiro atoms. The number of aromatic carboxylic acids is 1. The van der Waals surface area contributed by atoms with Gasteiger partial charge < -0.3 is 15.3 Å². The molecular formula is C13H12O7S. The van der Waals surface area contributed by atoms with Gasteiger partial charge in [-0.25, -0.2) is 4.79 Å². The Bertz CT molecular complexity index is 703. The van der Waals surface area contributed by atoms with Gasteiger partial charge in [-0.05, 0) is 48.5 Å². The zero-order valence-electron chi connectivity index (χ0n) is 10.5. The van der Waals surface area contributed by atoms with Gasteiger partial charge in [0.05, 0.1) is 10.5 Å². The van der Waals surface area contributed by atoms with Crippen LogP contribution < -0.4 is 0 Å². The predicted molar refractivity (Wildman–Crippen MR) is 73.0 cm³/mol. The van der Waals surface area contributed by atoms with Crippen molar-refractivity contribution in [1.82, 2.24) is 0 Å². The second kappa shape index (κ2) is 6.73. The first kappa shape index (κ1) is 16.5. The number of phenols is 2. The molecule has 0 bridgehead atoms. The topological polar surface area (TPSA) is 132 Å². The normalized spacial score (nSPS) is 10.3. The first-order valence-corrected chi connectivity index (χ1v) is 6.93. The lowest BCUT2D eigenvalue weighted by Gasteiger charge is -1.94. The molecule has 0 aromatic heterocycles. The van der Waals surface area contributed by atoms with Gasteiger partial charge >= 0.3 is 5.97 Å². The minimum Gasteiger partial charge on any atom is -0.508 e. The molecular weight excluding hydrogens is 300 g/mol. The lowest BCUT2D eigenvalue weighted by molar-refractivity contribution is 0.0697. The summed E-state index contributed by atoms with van der Waals surface area (Å²) >= 11 is 0. The van der Waals surface area contributed by atoms with Crippen molar-refractivity contribution in [2.24, 2.45) is 0 Å². The molecule has 0 aliphatic carbocycles. The number of hydrogen-bond acceptors (Lipinski definition) is 5. The average Bonchev–Trinajstić information content (AvgIpc) is 2.39. The van der Waals surface area contributed by atoms with E-state index in [4.69, 9.17) is 19.9 Å². The van der Waals surface area contributed by atoms with Crippen molar-refractivity contribution in [3.8, 4) is 11.5 Å². The number of aromatic hydroxyl groups is 2.